The van der Waals surface area contributed by atoms with Crippen LogP contribution in [-0.2, 0) is 10.0 Å². The maximum atomic E-state index is 11.5. The van der Waals surface area contributed by atoms with Crippen molar-refractivity contribution in [1.82, 2.24) is 9.55 Å². The molecule has 2 aromatic heterocycles. The lowest BCUT2D eigenvalue weighted by Crippen LogP contribution is -2.12. The Morgan fingerprint density at radius 1 is 1.03 bits per heavy atom. The molecule has 2 aromatic carbocycles. The van der Waals surface area contributed by atoms with Crippen molar-refractivity contribution in [3.05, 3.63) is 83.8 Å². The zero-order valence-corrected chi connectivity index (χ0v) is 16.9. The number of sulfonamides is 1. The van der Waals surface area contributed by atoms with E-state index >= 15 is 0 Å². The highest BCUT2D eigenvalue weighted by atomic mass is 32.2. The number of aryl methyl sites for hydroxylation is 1. The van der Waals surface area contributed by atoms with Crippen LogP contribution in [0.15, 0.2) is 76.7 Å². The van der Waals surface area contributed by atoms with E-state index < -0.39 is 10.0 Å². The standard InChI is InChI=1S/C22H20N4O2S/c1-15-12-18(14-25-19-5-10-22-17(13-19)4-3-11-24-22)16(2)26(15)20-6-8-21(9-7-20)29(23,27)28/h3-14H,1-2H3,(H2,23,27,28). The third-order valence-electron chi connectivity index (χ3n) is 4.83. The van der Waals surface area contributed by atoms with Crippen molar-refractivity contribution in [2.45, 2.75) is 18.7 Å². The molecule has 0 fully saturated rings. The average molecular weight is 404 g/mol. The maximum Gasteiger partial charge on any atom is 0.238 e. The Bertz CT molecular complexity index is 1340. The number of pyridine rings is 1. The number of benzene rings is 2. The summed E-state index contributed by atoms with van der Waals surface area (Å²) in [6.45, 7) is 4.01. The molecule has 0 atom stereocenters. The maximum absolute atomic E-state index is 11.5. The summed E-state index contributed by atoms with van der Waals surface area (Å²) in [7, 11) is -3.71. The minimum atomic E-state index is -3.71. The first-order valence-electron chi connectivity index (χ1n) is 9.04. The van der Waals surface area contributed by atoms with Crippen molar-refractivity contribution in [1.29, 1.82) is 0 Å². The van der Waals surface area contributed by atoms with Crippen LogP contribution in [0.5, 0.6) is 0 Å². The Labute approximate surface area is 169 Å². The molecule has 0 aliphatic carbocycles. The van der Waals surface area contributed by atoms with Gasteiger partial charge in [-0.25, -0.2) is 13.6 Å². The molecule has 0 unspecified atom stereocenters. The summed E-state index contributed by atoms with van der Waals surface area (Å²) >= 11 is 0. The van der Waals surface area contributed by atoms with Crippen molar-refractivity contribution >= 4 is 32.8 Å². The van der Waals surface area contributed by atoms with Gasteiger partial charge >= 0.3 is 0 Å². The van der Waals surface area contributed by atoms with Crippen LogP contribution >= 0.6 is 0 Å². The van der Waals surface area contributed by atoms with Gasteiger partial charge in [0.15, 0.2) is 0 Å². The minimum Gasteiger partial charge on any atom is -0.318 e. The summed E-state index contributed by atoms with van der Waals surface area (Å²) in [5.41, 5.74) is 5.68. The average Bonchev–Trinajstić information content (AvgIpc) is 2.99. The predicted octanol–water partition coefficient (Wildman–Crippen LogP) is 4.04. The van der Waals surface area contributed by atoms with Gasteiger partial charge in [0, 0.05) is 40.4 Å². The largest absolute Gasteiger partial charge is 0.318 e. The quantitative estimate of drug-likeness (QED) is 0.521. The Morgan fingerprint density at radius 3 is 2.52 bits per heavy atom. The Balaban J connectivity index is 1.67. The van der Waals surface area contributed by atoms with Crippen molar-refractivity contribution in [3.63, 3.8) is 0 Å². The van der Waals surface area contributed by atoms with Gasteiger partial charge in [-0.05, 0) is 68.4 Å². The summed E-state index contributed by atoms with van der Waals surface area (Å²) < 4.78 is 25.0. The molecule has 2 N–H and O–H groups in total. The smallest absolute Gasteiger partial charge is 0.238 e. The predicted molar refractivity (Wildman–Crippen MR) is 116 cm³/mol. The first-order valence-corrected chi connectivity index (χ1v) is 10.6. The van der Waals surface area contributed by atoms with E-state index in [1.165, 1.54) is 12.1 Å². The topological polar surface area (TPSA) is 90.3 Å². The summed E-state index contributed by atoms with van der Waals surface area (Å²) in [4.78, 5) is 9.04. The van der Waals surface area contributed by atoms with Crippen LogP contribution in [0.25, 0.3) is 16.6 Å². The van der Waals surface area contributed by atoms with E-state index in [4.69, 9.17) is 5.14 Å². The molecule has 4 aromatic rings. The molecule has 146 valence electrons. The molecule has 0 radical (unpaired) electrons. The van der Waals surface area contributed by atoms with Gasteiger partial charge in [-0.3, -0.25) is 9.98 Å². The van der Waals surface area contributed by atoms with Gasteiger partial charge in [-0.1, -0.05) is 6.07 Å². The second kappa shape index (κ2) is 7.27. The first-order chi connectivity index (χ1) is 13.8. The lowest BCUT2D eigenvalue weighted by Gasteiger charge is -2.10. The molecule has 0 aliphatic heterocycles. The molecule has 0 saturated heterocycles. The number of hydrogen-bond donors (Lipinski definition) is 1. The lowest BCUT2D eigenvalue weighted by atomic mass is 10.2. The van der Waals surface area contributed by atoms with Gasteiger partial charge in [-0.15, -0.1) is 0 Å². The third-order valence-corrected chi connectivity index (χ3v) is 5.76. The monoisotopic (exact) mass is 404 g/mol. The fourth-order valence-corrected chi connectivity index (χ4v) is 3.90. The number of aliphatic imine (C=N–C) groups is 1. The van der Waals surface area contributed by atoms with E-state index in [0.717, 1.165) is 39.2 Å². The van der Waals surface area contributed by atoms with Crippen LogP contribution in [0.1, 0.15) is 17.0 Å². The molecule has 29 heavy (non-hydrogen) atoms. The van der Waals surface area contributed by atoms with E-state index in [1.54, 1.807) is 18.3 Å². The zero-order valence-electron chi connectivity index (χ0n) is 16.1. The van der Waals surface area contributed by atoms with Gasteiger partial charge in [0.1, 0.15) is 0 Å². The van der Waals surface area contributed by atoms with Crippen LogP contribution in [-0.4, -0.2) is 24.2 Å². The normalized spacial score (nSPS) is 12.1. The van der Waals surface area contributed by atoms with Gasteiger partial charge < -0.3 is 4.57 Å². The second-order valence-electron chi connectivity index (χ2n) is 6.84. The summed E-state index contributed by atoms with van der Waals surface area (Å²) in [5, 5.41) is 6.23. The molecular formula is C22H20N4O2S. The Kier molecular flexibility index (Phi) is 4.77. The fourth-order valence-electron chi connectivity index (χ4n) is 3.39. The minimum absolute atomic E-state index is 0.0938. The Hall–Kier alpha value is -3.29. The van der Waals surface area contributed by atoms with Gasteiger partial charge in [0.2, 0.25) is 10.0 Å². The van der Waals surface area contributed by atoms with Crippen molar-refractivity contribution < 1.29 is 8.42 Å². The van der Waals surface area contributed by atoms with Crippen molar-refractivity contribution in [3.8, 4) is 5.69 Å². The number of nitrogens with two attached hydrogens (primary N) is 1. The fraction of sp³-hybridized carbons (Fsp3) is 0.0909. The van der Waals surface area contributed by atoms with E-state index in [9.17, 15) is 8.42 Å². The summed E-state index contributed by atoms with van der Waals surface area (Å²) in [6, 6.07) is 18.4. The van der Waals surface area contributed by atoms with Gasteiger partial charge in [-0.2, -0.15) is 0 Å². The van der Waals surface area contributed by atoms with E-state index in [1.807, 2.05) is 50.4 Å². The molecule has 0 amide bonds. The number of nitrogens with zero attached hydrogens (tertiary/aromatic N) is 3. The molecule has 0 aliphatic rings. The molecule has 6 nitrogen and oxygen atoms in total. The molecule has 2 heterocycles. The molecule has 0 spiro atoms. The van der Waals surface area contributed by atoms with E-state index in [0.29, 0.717) is 0 Å². The lowest BCUT2D eigenvalue weighted by molar-refractivity contribution is 0.598. The first kappa shape index (κ1) is 19.0. The number of primary sulfonamides is 1. The van der Waals surface area contributed by atoms with Crippen LogP contribution in [0.4, 0.5) is 5.69 Å². The molecule has 0 bridgehead atoms. The highest BCUT2D eigenvalue weighted by molar-refractivity contribution is 7.89. The van der Waals surface area contributed by atoms with Crippen LogP contribution in [0.2, 0.25) is 0 Å². The highest BCUT2D eigenvalue weighted by Crippen LogP contribution is 2.23. The number of fused-ring (bicyclic) bond motifs is 1. The number of aromatic nitrogens is 2. The van der Waals surface area contributed by atoms with Gasteiger partial charge in [0.25, 0.3) is 0 Å². The third kappa shape index (κ3) is 3.83. The molecule has 7 heteroatoms. The molecule has 0 saturated carbocycles. The summed E-state index contributed by atoms with van der Waals surface area (Å²) in [6.07, 6.45) is 3.62. The summed E-state index contributed by atoms with van der Waals surface area (Å²) in [5.74, 6) is 0. The molecule has 4 rings (SSSR count). The van der Waals surface area contributed by atoms with E-state index in [2.05, 4.69) is 20.6 Å². The van der Waals surface area contributed by atoms with Crippen LogP contribution < -0.4 is 5.14 Å². The highest BCUT2D eigenvalue weighted by Gasteiger charge is 2.12. The van der Waals surface area contributed by atoms with Crippen LogP contribution in [0.3, 0.4) is 0 Å². The SMILES string of the molecule is Cc1cc(C=Nc2ccc3ncccc3c2)c(C)n1-c1ccc(S(N)(=O)=O)cc1. The second-order valence-corrected chi connectivity index (χ2v) is 8.40. The number of hydrogen-bond acceptors (Lipinski definition) is 4. The van der Waals surface area contributed by atoms with E-state index in [-0.39, 0.29) is 4.90 Å². The molecular weight excluding hydrogens is 384 g/mol. The van der Waals surface area contributed by atoms with Crippen LogP contribution in [0, 0.1) is 13.8 Å². The van der Waals surface area contributed by atoms with Crippen molar-refractivity contribution in [2.24, 2.45) is 10.1 Å². The van der Waals surface area contributed by atoms with Crippen molar-refractivity contribution in [2.75, 3.05) is 0 Å². The zero-order chi connectivity index (χ0) is 20.6. The number of rotatable bonds is 4. The Morgan fingerprint density at radius 2 is 1.79 bits per heavy atom. The van der Waals surface area contributed by atoms with Gasteiger partial charge in [0.05, 0.1) is 16.1 Å².